The molecule has 1 aromatic heterocycles. The van der Waals surface area contributed by atoms with E-state index in [-0.39, 0.29) is 17.6 Å². The van der Waals surface area contributed by atoms with Gasteiger partial charge in [0.2, 0.25) is 0 Å². The smallest absolute Gasteiger partial charge is 0.355 e. The van der Waals surface area contributed by atoms with E-state index < -0.39 is 5.97 Å². The molecule has 0 aliphatic carbocycles. The number of hydrogen-bond donors (Lipinski definition) is 2. The number of hydrogen-bond acceptors (Lipinski definition) is 4. The zero-order valence-corrected chi connectivity index (χ0v) is 12.2. The summed E-state index contributed by atoms with van der Waals surface area (Å²) in [4.78, 5) is 15.6. The summed E-state index contributed by atoms with van der Waals surface area (Å²) in [7, 11) is 0. The third kappa shape index (κ3) is 2.96. The van der Waals surface area contributed by atoms with Gasteiger partial charge in [0.25, 0.3) is 0 Å². The number of rotatable bonds is 4. The fourth-order valence-corrected chi connectivity index (χ4v) is 2.70. The monoisotopic (exact) mass is 294 g/mol. The molecule has 0 saturated heterocycles. The second-order valence-electron chi connectivity index (χ2n) is 4.60. The molecule has 1 unspecified atom stereocenters. The van der Waals surface area contributed by atoms with Gasteiger partial charge in [-0.1, -0.05) is 12.1 Å². The maximum Gasteiger partial charge on any atom is 0.355 e. The van der Waals surface area contributed by atoms with Gasteiger partial charge in [0.15, 0.2) is 10.8 Å². The van der Waals surface area contributed by atoms with Gasteiger partial charge in [0.05, 0.1) is 6.04 Å². The van der Waals surface area contributed by atoms with Crippen molar-refractivity contribution in [3.05, 3.63) is 45.7 Å². The fraction of sp³-hybridized carbons (Fsp3) is 0.286. The number of benzene rings is 1. The minimum absolute atomic E-state index is 0.0554. The molecule has 0 radical (unpaired) electrons. The van der Waals surface area contributed by atoms with Gasteiger partial charge in [-0.2, -0.15) is 0 Å². The van der Waals surface area contributed by atoms with Crippen LogP contribution in [0.1, 0.15) is 39.5 Å². The highest BCUT2D eigenvalue weighted by Gasteiger charge is 2.16. The molecule has 1 atom stereocenters. The minimum atomic E-state index is -1.04. The van der Waals surface area contributed by atoms with E-state index in [4.69, 9.17) is 5.11 Å². The fourth-order valence-electron chi connectivity index (χ4n) is 1.80. The van der Waals surface area contributed by atoms with E-state index in [1.807, 2.05) is 13.0 Å². The Balaban J connectivity index is 2.18. The molecular weight excluding hydrogens is 279 g/mol. The number of carboxylic acid groups (broad SMARTS) is 1. The highest BCUT2D eigenvalue weighted by atomic mass is 32.1. The Morgan fingerprint density at radius 3 is 2.70 bits per heavy atom. The standard InChI is InChI=1S/C14H15FN2O2S/c1-7-4-5-10(6-11(7)15)8(2)16-14-17-12(13(18)19)9(3)20-14/h4-6,8H,1-3H3,(H,16,17)(H,18,19). The van der Waals surface area contributed by atoms with Crippen LogP contribution in [0.25, 0.3) is 0 Å². The molecule has 0 amide bonds. The van der Waals surface area contributed by atoms with Crippen LogP contribution in [0.3, 0.4) is 0 Å². The second-order valence-corrected chi connectivity index (χ2v) is 5.81. The molecule has 0 aliphatic rings. The van der Waals surface area contributed by atoms with Gasteiger partial charge in [0, 0.05) is 4.88 Å². The van der Waals surface area contributed by atoms with Crippen molar-refractivity contribution in [2.24, 2.45) is 0 Å². The van der Waals surface area contributed by atoms with Crippen LogP contribution in [0.15, 0.2) is 18.2 Å². The molecule has 2 N–H and O–H groups in total. The number of carboxylic acids is 1. The first-order valence-electron chi connectivity index (χ1n) is 6.11. The first-order valence-corrected chi connectivity index (χ1v) is 6.93. The van der Waals surface area contributed by atoms with Gasteiger partial charge >= 0.3 is 5.97 Å². The molecule has 4 nitrogen and oxygen atoms in total. The maximum atomic E-state index is 13.5. The van der Waals surface area contributed by atoms with Gasteiger partial charge in [-0.15, -0.1) is 11.3 Å². The van der Waals surface area contributed by atoms with Crippen molar-refractivity contribution in [3.8, 4) is 0 Å². The molecule has 0 aliphatic heterocycles. The first-order chi connectivity index (χ1) is 9.38. The normalized spacial score (nSPS) is 12.2. The number of thiazole rings is 1. The average Bonchev–Trinajstić information content (AvgIpc) is 2.73. The molecule has 2 aromatic rings. The van der Waals surface area contributed by atoms with Gasteiger partial charge in [-0.25, -0.2) is 14.2 Å². The molecule has 106 valence electrons. The Kier molecular flexibility index (Phi) is 4.04. The van der Waals surface area contributed by atoms with E-state index in [1.54, 1.807) is 19.9 Å². The zero-order valence-electron chi connectivity index (χ0n) is 11.4. The van der Waals surface area contributed by atoms with Gasteiger partial charge in [-0.3, -0.25) is 0 Å². The molecule has 0 fully saturated rings. The summed E-state index contributed by atoms with van der Waals surface area (Å²) in [5, 5.41) is 12.6. The zero-order chi connectivity index (χ0) is 14.9. The lowest BCUT2D eigenvalue weighted by molar-refractivity contribution is 0.0690. The average molecular weight is 294 g/mol. The van der Waals surface area contributed by atoms with Crippen LogP contribution < -0.4 is 5.32 Å². The summed E-state index contributed by atoms with van der Waals surface area (Å²) in [6.45, 7) is 5.30. The molecule has 20 heavy (non-hydrogen) atoms. The molecule has 6 heteroatoms. The number of anilines is 1. The van der Waals surface area contributed by atoms with Crippen molar-refractivity contribution in [3.63, 3.8) is 0 Å². The number of aryl methyl sites for hydroxylation is 2. The lowest BCUT2D eigenvalue weighted by atomic mass is 10.1. The predicted octanol–water partition coefficient (Wildman–Crippen LogP) is 3.77. The van der Waals surface area contributed by atoms with Crippen LogP contribution in [0.4, 0.5) is 9.52 Å². The Morgan fingerprint density at radius 1 is 1.45 bits per heavy atom. The van der Waals surface area contributed by atoms with Crippen LogP contribution in [-0.2, 0) is 0 Å². The predicted molar refractivity (Wildman–Crippen MR) is 77.0 cm³/mol. The lowest BCUT2D eigenvalue weighted by Crippen LogP contribution is -2.07. The Bertz CT molecular complexity index is 655. The largest absolute Gasteiger partial charge is 0.476 e. The van der Waals surface area contributed by atoms with E-state index in [0.29, 0.717) is 15.6 Å². The molecule has 0 saturated carbocycles. The molecule has 1 heterocycles. The first kappa shape index (κ1) is 14.5. The molecule has 2 rings (SSSR count). The SMILES string of the molecule is Cc1ccc(C(C)Nc2nc(C(=O)O)c(C)s2)cc1F. The molecule has 0 bridgehead atoms. The van der Waals surface area contributed by atoms with Crippen molar-refractivity contribution < 1.29 is 14.3 Å². The van der Waals surface area contributed by atoms with Gasteiger partial charge in [-0.05, 0) is 38.0 Å². The topological polar surface area (TPSA) is 62.2 Å². The summed E-state index contributed by atoms with van der Waals surface area (Å²) < 4.78 is 13.5. The molecule has 1 aromatic carbocycles. The third-order valence-corrected chi connectivity index (χ3v) is 3.94. The minimum Gasteiger partial charge on any atom is -0.476 e. The number of halogens is 1. The highest BCUT2D eigenvalue weighted by molar-refractivity contribution is 7.15. The van der Waals surface area contributed by atoms with Crippen molar-refractivity contribution >= 4 is 22.4 Å². The van der Waals surface area contributed by atoms with Crippen molar-refractivity contribution in [2.45, 2.75) is 26.8 Å². The Morgan fingerprint density at radius 2 is 2.15 bits per heavy atom. The van der Waals surface area contributed by atoms with Crippen LogP contribution in [0.5, 0.6) is 0 Å². The highest BCUT2D eigenvalue weighted by Crippen LogP contribution is 2.26. The van der Waals surface area contributed by atoms with Crippen molar-refractivity contribution in [1.29, 1.82) is 0 Å². The summed E-state index contributed by atoms with van der Waals surface area (Å²) in [6, 6.07) is 4.89. The van der Waals surface area contributed by atoms with Crippen molar-refractivity contribution in [1.82, 2.24) is 4.98 Å². The number of nitrogens with zero attached hydrogens (tertiary/aromatic N) is 1. The van der Waals surface area contributed by atoms with Crippen LogP contribution in [0, 0.1) is 19.7 Å². The van der Waals surface area contributed by atoms with E-state index in [2.05, 4.69) is 10.3 Å². The van der Waals surface area contributed by atoms with Gasteiger partial charge < -0.3 is 10.4 Å². The number of aromatic carboxylic acids is 1. The maximum absolute atomic E-state index is 13.5. The number of aromatic nitrogens is 1. The van der Waals surface area contributed by atoms with E-state index in [9.17, 15) is 9.18 Å². The summed E-state index contributed by atoms with van der Waals surface area (Å²) in [5.74, 6) is -1.29. The van der Waals surface area contributed by atoms with E-state index in [0.717, 1.165) is 5.56 Å². The van der Waals surface area contributed by atoms with Crippen LogP contribution in [-0.4, -0.2) is 16.1 Å². The van der Waals surface area contributed by atoms with Crippen molar-refractivity contribution in [2.75, 3.05) is 5.32 Å². The summed E-state index contributed by atoms with van der Waals surface area (Å²) >= 11 is 1.28. The third-order valence-electron chi connectivity index (χ3n) is 3.04. The molecule has 0 spiro atoms. The van der Waals surface area contributed by atoms with E-state index in [1.165, 1.54) is 17.4 Å². The van der Waals surface area contributed by atoms with Crippen LogP contribution in [0.2, 0.25) is 0 Å². The molecular formula is C14H15FN2O2S. The number of carbonyl (C=O) groups is 1. The lowest BCUT2D eigenvalue weighted by Gasteiger charge is -2.13. The Labute approximate surface area is 120 Å². The van der Waals surface area contributed by atoms with Gasteiger partial charge in [0.1, 0.15) is 5.82 Å². The second kappa shape index (κ2) is 5.58. The quantitative estimate of drug-likeness (QED) is 0.901. The summed E-state index contributed by atoms with van der Waals surface area (Å²) in [5.41, 5.74) is 1.44. The van der Waals surface area contributed by atoms with Crippen LogP contribution >= 0.6 is 11.3 Å². The van der Waals surface area contributed by atoms with E-state index >= 15 is 0 Å². The summed E-state index contributed by atoms with van der Waals surface area (Å²) in [6.07, 6.45) is 0. The number of nitrogens with one attached hydrogen (secondary N) is 1. The Hall–Kier alpha value is -1.95.